The van der Waals surface area contributed by atoms with E-state index in [0.717, 1.165) is 40.3 Å². The summed E-state index contributed by atoms with van der Waals surface area (Å²) in [5.41, 5.74) is 2.12. The lowest BCUT2D eigenvalue weighted by Crippen LogP contribution is -2.19. The Kier molecular flexibility index (Phi) is 5.76. The molecule has 0 saturated carbocycles. The zero-order valence-electron chi connectivity index (χ0n) is 12.7. The fourth-order valence-electron chi connectivity index (χ4n) is 1.91. The maximum atomic E-state index is 5.97. The van der Waals surface area contributed by atoms with Crippen molar-refractivity contribution in [3.63, 3.8) is 0 Å². The Hall–Kier alpha value is -1.39. The summed E-state index contributed by atoms with van der Waals surface area (Å²) in [6.45, 7) is 8.14. The van der Waals surface area contributed by atoms with Gasteiger partial charge in [-0.1, -0.05) is 35.8 Å². The van der Waals surface area contributed by atoms with Crippen LogP contribution in [0.25, 0.3) is 0 Å². The van der Waals surface area contributed by atoms with E-state index >= 15 is 0 Å². The first kappa shape index (κ1) is 16.0. The Morgan fingerprint density at radius 1 is 1.24 bits per heavy atom. The molecule has 112 valence electrons. The van der Waals surface area contributed by atoms with Crippen molar-refractivity contribution >= 4 is 15.9 Å². The normalized spacial score (nSPS) is 10.9. The molecule has 1 N–H and O–H groups in total. The molecule has 21 heavy (non-hydrogen) atoms. The molecule has 0 bridgehead atoms. The smallest absolute Gasteiger partial charge is 0.145 e. The molecule has 0 radical (unpaired) electrons. The predicted molar refractivity (Wildman–Crippen MR) is 89.7 cm³/mol. The molecule has 1 heterocycles. The number of hydrogen-bond donors (Lipinski definition) is 1. The molecule has 3 nitrogen and oxygen atoms in total. The highest BCUT2D eigenvalue weighted by Gasteiger charge is 2.07. The van der Waals surface area contributed by atoms with E-state index in [1.807, 2.05) is 31.2 Å². The van der Waals surface area contributed by atoms with Gasteiger partial charge in [0.25, 0.3) is 0 Å². The summed E-state index contributed by atoms with van der Waals surface area (Å²) in [4.78, 5) is 4.26. The lowest BCUT2D eigenvalue weighted by Gasteiger charge is -2.13. The molecule has 0 aliphatic heterocycles. The third-order valence-electron chi connectivity index (χ3n) is 3.01. The van der Waals surface area contributed by atoms with Gasteiger partial charge in [0, 0.05) is 22.3 Å². The number of aromatic nitrogens is 1. The third-order valence-corrected chi connectivity index (χ3v) is 3.50. The topological polar surface area (TPSA) is 34.1 Å². The van der Waals surface area contributed by atoms with Crippen LogP contribution in [0.15, 0.2) is 41.0 Å². The number of nitrogens with zero attached hydrogens (tertiary/aromatic N) is 1. The van der Waals surface area contributed by atoms with E-state index in [1.54, 1.807) is 6.20 Å². The number of hydrogen-bond acceptors (Lipinski definition) is 3. The number of rotatable bonds is 6. The van der Waals surface area contributed by atoms with E-state index < -0.39 is 0 Å². The van der Waals surface area contributed by atoms with Gasteiger partial charge in [-0.25, -0.2) is 0 Å². The van der Waals surface area contributed by atoms with Crippen molar-refractivity contribution in [2.45, 2.75) is 27.3 Å². The molecular formula is C17H21BrN2O. The number of pyridine rings is 1. The Bertz CT molecular complexity index is 582. The van der Waals surface area contributed by atoms with E-state index in [4.69, 9.17) is 4.74 Å². The number of ether oxygens (including phenoxy) is 1. The quantitative estimate of drug-likeness (QED) is 0.822. The molecular weight excluding hydrogens is 328 g/mol. The first-order chi connectivity index (χ1) is 10.0. The van der Waals surface area contributed by atoms with Gasteiger partial charge < -0.3 is 10.1 Å². The molecule has 0 aliphatic carbocycles. The molecule has 0 saturated heterocycles. The van der Waals surface area contributed by atoms with E-state index in [0.29, 0.717) is 5.92 Å². The van der Waals surface area contributed by atoms with Gasteiger partial charge >= 0.3 is 0 Å². The average Bonchev–Trinajstić information content (AvgIpc) is 2.43. The van der Waals surface area contributed by atoms with E-state index in [9.17, 15) is 0 Å². The van der Waals surface area contributed by atoms with Crippen molar-refractivity contribution in [2.24, 2.45) is 5.92 Å². The summed E-state index contributed by atoms with van der Waals surface area (Å²) in [5.74, 6) is 2.24. The van der Waals surface area contributed by atoms with Gasteiger partial charge in [0.15, 0.2) is 0 Å². The van der Waals surface area contributed by atoms with Crippen molar-refractivity contribution in [3.8, 4) is 11.5 Å². The summed E-state index contributed by atoms with van der Waals surface area (Å²) in [5, 5.41) is 3.44. The fraction of sp³-hybridized carbons (Fsp3) is 0.353. The van der Waals surface area contributed by atoms with Crippen LogP contribution in [0.3, 0.4) is 0 Å². The molecule has 0 atom stereocenters. The zero-order valence-corrected chi connectivity index (χ0v) is 14.3. The standard InChI is InChI=1S/C17H21BrN2O/c1-12(2)9-19-10-14-5-6-15(18)8-17(14)21-16-7-4-13(3)20-11-16/h4-8,11-12,19H,9-10H2,1-3H3. The number of aryl methyl sites for hydroxylation is 1. The highest BCUT2D eigenvalue weighted by molar-refractivity contribution is 9.10. The molecule has 1 aromatic heterocycles. The van der Waals surface area contributed by atoms with Gasteiger partial charge in [0.05, 0.1) is 6.20 Å². The van der Waals surface area contributed by atoms with E-state index in [-0.39, 0.29) is 0 Å². The highest BCUT2D eigenvalue weighted by Crippen LogP contribution is 2.28. The Morgan fingerprint density at radius 3 is 2.71 bits per heavy atom. The molecule has 0 fully saturated rings. The fourth-order valence-corrected chi connectivity index (χ4v) is 2.25. The maximum absolute atomic E-state index is 5.97. The van der Waals surface area contributed by atoms with Gasteiger partial charge in [0.1, 0.15) is 11.5 Å². The van der Waals surface area contributed by atoms with Crippen molar-refractivity contribution in [1.82, 2.24) is 10.3 Å². The van der Waals surface area contributed by atoms with Crippen LogP contribution in [0.5, 0.6) is 11.5 Å². The minimum Gasteiger partial charge on any atom is -0.455 e. The van der Waals surface area contributed by atoms with Crippen LogP contribution in [-0.4, -0.2) is 11.5 Å². The molecule has 0 amide bonds. The third kappa shape index (κ3) is 5.14. The van der Waals surface area contributed by atoms with Gasteiger partial charge in [-0.05, 0) is 43.7 Å². The van der Waals surface area contributed by atoms with Gasteiger partial charge in [-0.3, -0.25) is 4.98 Å². The van der Waals surface area contributed by atoms with Crippen molar-refractivity contribution in [2.75, 3.05) is 6.54 Å². The summed E-state index contributed by atoms with van der Waals surface area (Å²) in [6.07, 6.45) is 1.75. The minimum absolute atomic E-state index is 0.631. The van der Waals surface area contributed by atoms with Gasteiger partial charge in [-0.15, -0.1) is 0 Å². The Morgan fingerprint density at radius 2 is 2.05 bits per heavy atom. The van der Waals surface area contributed by atoms with E-state index in [2.05, 4.69) is 46.1 Å². The van der Waals surface area contributed by atoms with Crippen LogP contribution in [0.2, 0.25) is 0 Å². The van der Waals surface area contributed by atoms with Crippen LogP contribution in [0.1, 0.15) is 25.1 Å². The van der Waals surface area contributed by atoms with Crippen LogP contribution in [-0.2, 0) is 6.54 Å². The molecule has 0 spiro atoms. The van der Waals surface area contributed by atoms with E-state index in [1.165, 1.54) is 0 Å². The Balaban J connectivity index is 2.12. The van der Waals surface area contributed by atoms with Crippen LogP contribution in [0, 0.1) is 12.8 Å². The number of nitrogens with one attached hydrogen (secondary N) is 1. The number of benzene rings is 1. The van der Waals surface area contributed by atoms with Crippen molar-refractivity contribution in [1.29, 1.82) is 0 Å². The summed E-state index contributed by atoms with van der Waals surface area (Å²) in [6, 6.07) is 9.99. The lowest BCUT2D eigenvalue weighted by atomic mass is 10.2. The average molecular weight is 349 g/mol. The Labute approximate surface area is 134 Å². The molecule has 0 aliphatic rings. The number of halogens is 1. The van der Waals surface area contributed by atoms with Crippen LogP contribution in [0.4, 0.5) is 0 Å². The second-order valence-corrected chi connectivity index (χ2v) is 6.43. The monoisotopic (exact) mass is 348 g/mol. The molecule has 1 aromatic carbocycles. The predicted octanol–water partition coefficient (Wildman–Crippen LogP) is 4.69. The summed E-state index contributed by atoms with van der Waals surface area (Å²) >= 11 is 3.50. The first-order valence-electron chi connectivity index (χ1n) is 7.14. The zero-order chi connectivity index (χ0) is 15.2. The molecule has 4 heteroatoms. The summed E-state index contributed by atoms with van der Waals surface area (Å²) < 4.78 is 6.98. The largest absolute Gasteiger partial charge is 0.455 e. The van der Waals surface area contributed by atoms with Gasteiger partial charge in [-0.2, -0.15) is 0 Å². The summed E-state index contributed by atoms with van der Waals surface area (Å²) in [7, 11) is 0. The first-order valence-corrected chi connectivity index (χ1v) is 7.93. The second-order valence-electron chi connectivity index (χ2n) is 5.51. The second kappa shape index (κ2) is 7.57. The van der Waals surface area contributed by atoms with Crippen molar-refractivity contribution in [3.05, 3.63) is 52.3 Å². The minimum atomic E-state index is 0.631. The SMILES string of the molecule is Cc1ccc(Oc2cc(Br)ccc2CNCC(C)C)cn1. The van der Waals surface area contributed by atoms with Crippen LogP contribution < -0.4 is 10.1 Å². The molecule has 2 rings (SSSR count). The molecule has 0 unspecified atom stereocenters. The van der Waals surface area contributed by atoms with Crippen molar-refractivity contribution < 1.29 is 4.74 Å². The highest BCUT2D eigenvalue weighted by atomic mass is 79.9. The maximum Gasteiger partial charge on any atom is 0.145 e. The lowest BCUT2D eigenvalue weighted by molar-refractivity contribution is 0.466. The molecule has 2 aromatic rings. The van der Waals surface area contributed by atoms with Crippen LogP contribution >= 0.6 is 15.9 Å². The van der Waals surface area contributed by atoms with Gasteiger partial charge in [0.2, 0.25) is 0 Å².